The van der Waals surface area contributed by atoms with Crippen LogP contribution in [0.4, 0.5) is 10.5 Å². The molecule has 2 heterocycles. The molecule has 2 N–H and O–H groups in total. The Bertz CT molecular complexity index is 922. The molecule has 120 valence electrons. The predicted octanol–water partition coefficient (Wildman–Crippen LogP) is 2.31. The van der Waals surface area contributed by atoms with Crippen LogP contribution in [0.5, 0.6) is 0 Å². The lowest BCUT2D eigenvalue weighted by Gasteiger charge is -2.08. The van der Waals surface area contributed by atoms with Crippen LogP contribution in [0.25, 0.3) is 5.69 Å². The smallest absolute Gasteiger partial charge is 0.409 e. The fourth-order valence-electron chi connectivity index (χ4n) is 2.29. The second kappa shape index (κ2) is 6.74. The third-order valence-corrected chi connectivity index (χ3v) is 3.36. The lowest BCUT2D eigenvalue weighted by atomic mass is 10.1. The number of aromatic nitrogens is 3. The molecule has 1 amide bonds. The summed E-state index contributed by atoms with van der Waals surface area (Å²) >= 11 is 0. The Kier molecular flexibility index (Phi) is 4.33. The molecule has 0 aliphatic rings. The molecule has 3 rings (SSSR count). The Hall–Kier alpha value is -3.48. The van der Waals surface area contributed by atoms with Gasteiger partial charge in [0.25, 0.3) is 0 Å². The highest BCUT2D eigenvalue weighted by atomic mass is 16.4. The van der Waals surface area contributed by atoms with Crippen LogP contribution in [0.3, 0.4) is 0 Å². The number of nitrogens with zero attached hydrogens (tertiary/aromatic N) is 3. The highest BCUT2D eigenvalue weighted by molar-refractivity contribution is 5.82. The molecular weight excluding hydrogens is 308 g/mol. The van der Waals surface area contributed by atoms with E-state index in [1.165, 1.54) is 6.07 Å². The molecule has 0 saturated carbocycles. The zero-order valence-corrected chi connectivity index (χ0v) is 12.6. The van der Waals surface area contributed by atoms with Gasteiger partial charge in [-0.05, 0) is 29.8 Å². The lowest BCUT2D eigenvalue weighted by Crippen LogP contribution is -2.16. The number of hydrogen-bond donors (Lipinski definition) is 2. The van der Waals surface area contributed by atoms with Crippen molar-refractivity contribution in [2.24, 2.45) is 0 Å². The molecule has 0 atom stereocenters. The van der Waals surface area contributed by atoms with Crippen molar-refractivity contribution >= 4 is 11.8 Å². The number of carboxylic acid groups (broad SMARTS) is 1. The van der Waals surface area contributed by atoms with E-state index in [4.69, 9.17) is 5.11 Å². The van der Waals surface area contributed by atoms with Crippen molar-refractivity contribution in [3.63, 3.8) is 0 Å². The number of pyridine rings is 1. The summed E-state index contributed by atoms with van der Waals surface area (Å²) in [5, 5.41) is 15.4. The molecule has 24 heavy (non-hydrogen) atoms. The van der Waals surface area contributed by atoms with E-state index < -0.39 is 6.09 Å². The van der Waals surface area contributed by atoms with E-state index in [1.807, 2.05) is 6.07 Å². The highest BCUT2D eigenvalue weighted by Crippen LogP contribution is 2.13. The van der Waals surface area contributed by atoms with Gasteiger partial charge in [-0.15, -0.1) is 0 Å². The van der Waals surface area contributed by atoms with Gasteiger partial charge in [-0.3, -0.25) is 15.1 Å². The van der Waals surface area contributed by atoms with Gasteiger partial charge in [-0.1, -0.05) is 12.1 Å². The number of anilines is 1. The molecule has 7 nitrogen and oxygen atoms in total. The molecule has 0 bridgehead atoms. The summed E-state index contributed by atoms with van der Waals surface area (Å²) in [5.74, 6) is 0. The summed E-state index contributed by atoms with van der Waals surface area (Å²) in [6.45, 7) is 0. The van der Waals surface area contributed by atoms with Crippen molar-refractivity contribution in [2.75, 3.05) is 5.32 Å². The molecule has 0 unspecified atom stereocenters. The van der Waals surface area contributed by atoms with Crippen molar-refractivity contribution < 1.29 is 9.90 Å². The SMILES string of the molecule is O=C(O)Nc1cccc(Cc2nn(-c3ccncc3)ccc2=O)c1. The molecule has 1 aromatic carbocycles. The minimum absolute atomic E-state index is 0.170. The first-order chi connectivity index (χ1) is 11.6. The molecule has 0 aliphatic heterocycles. The largest absolute Gasteiger partial charge is 0.465 e. The number of hydrogen-bond acceptors (Lipinski definition) is 4. The number of benzene rings is 1. The molecule has 2 aromatic heterocycles. The van der Waals surface area contributed by atoms with E-state index in [1.54, 1.807) is 53.6 Å². The van der Waals surface area contributed by atoms with Gasteiger partial charge in [-0.25, -0.2) is 9.48 Å². The van der Waals surface area contributed by atoms with E-state index >= 15 is 0 Å². The molecule has 0 aliphatic carbocycles. The molecule has 7 heteroatoms. The lowest BCUT2D eigenvalue weighted by molar-refractivity contribution is 0.210. The first-order valence-electron chi connectivity index (χ1n) is 7.20. The molecular formula is C17H14N4O3. The Balaban J connectivity index is 1.90. The normalized spacial score (nSPS) is 10.3. The van der Waals surface area contributed by atoms with Crippen molar-refractivity contribution in [3.05, 3.63) is 82.5 Å². The van der Waals surface area contributed by atoms with E-state index in [0.29, 0.717) is 17.8 Å². The van der Waals surface area contributed by atoms with Crippen LogP contribution in [-0.2, 0) is 6.42 Å². The van der Waals surface area contributed by atoms with E-state index in [2.05, 4.69) is 15.4 Å². The highest BCUT2D eigenvalue weighted by Gasteiger charge is 2.07. The summed E-state index contributed by atoms with van der Waals surface area (Å²) in [5.41, 5.74) is 2.25. The maximum atomic E-state index is 12.1. The van der Waals surface area contributed by atoms with E-state index in [-0.39, 0.29) is 5.43 Å². The van der Waals surface area contributed by atoms with Crippen molar-refractivity contribution in [3.8, 4) is 5.69 Å². The summed E-state index contributed by atoms with van der Waals surface area (Å²) in [6, 6.07) is 11.9. The maximum absolute atomic E-state index is 12.1. The molecule has 0 spiro atoms. The molecule has 0 fully saturated rings. The Morgan fingerprint density at radius 1 is 1.17 bits per heavy atom. The predicted molar refractivity (Wildman–Crippen MR) is 88.5 cm³/mol. The van der Waals surface area contributed by atoms with Crippen molar-refractivity contribution in [1.29, 1.82) is 0 Å². The van der Waals surface area contributed by atoms with Crippen LogP contribution in [0.2, 0.25) is 0 Å². The number of carbonyl (C=O) groups is 1. The average molecular weight is 322 g/mol. The second-order valence-corrected chi connectivity index (χ2v) is 5.08. The summed E-state index contributed by atoms with van der Waals surface area (Å²) in [6.07, 6.45) is 4.07. The second-order valence-electron chi connectivity index (χ2n) is 5.08. The monoisotopic (exact) mass is 322 g/mol. The van der Waals surface area contributed by atoms with Crippen LogP contribution < -0.4 is 10.7 Å². The average Bonchev–Trinajstić information content (AvgIpc) is 2.57. The Morgan fingerprint density at radius 2 is 1.96 bits per heavy atom. The van der Waals surface area contributed by atoms with Gasteiger partial charge < -0.3 is 5.11 Å². The molecule has 3 aromatic rings. The van der Waals surface area contributed by atoms with Crippen LogP contribution in [0.1, 0.15) is 11.3 Å². The standard InChI is InChI=1S/C17H14N4O3/c22-16-6-9-21(14-4-7-18-8-5-14)20-15(16)11-12-2-1-3-13(10-12)19-17(23)24/h1-10,19H,11H2,(H,23,24). The number of nitrogens with one attached hydrogen (secondary N) is 1. The van der Waals surface area contributed by atoms with E-state index in [0.717, 1.165) is 11.3 Å². The third-order valence-electron chi connectivity index (χ3n) is 3.36. The quantitative estimate of drug-likeness (QED) is 0.768. The Labute approximate surface area is 137 Å². The van der Waals surface area contributed by atoms with Gasteiger partial charge in [0.2, 0.25) is 5.43 Å². The minimum atomic E-state index is -1.13. The summed E-state index contributed by atoms with van der Waals surface area (Å²) in [4.78, 5) is 26.7. The van der Waals surface area contributed by atoms with Gasteiger partial charge in [0.05, 0.1) is 5.69 Å². The Morgan fingerprint density at radius 3 is 2.71 bits per heavy atom. The summed E-state index contributed by atoms with van der Waals surface area (Å²) in [7, 11) is 0. The van der Waals surface area contributed by atoms with Crippen molar-refractivity contribution in [1.82, 2.24) is 14.8 Å². The maximum Gasteiger partial charge on any atom is 0.409 e. The number of amides is 1. The topological polar surface area (TPSA) is 97.1 Å². The van der Waals surface area contributed by atoms with Gasteiger partial charge in [0.1, 0.15) is 5.69 Å². The zero-order chi connectivity index (χ0) is 16.9. The fraction of sp³-hybridized carbons (Fsp3) is 0.0588. The van der Waals surface area contributed by atoms with E-state index in [9.17, 15) is 9.59 Å². The van der Waals surface area contributed by atoms with Gasteiger partial charge >= 0.3 is 6.09 Å². The van der Waals surface area contributed by atoms with Gasteiger partial charge in [0.15, 0.2) is 0 Å². The van der Waals surface area contributed by atoms with Crippen LogP contribution in [0, 0.1) is 0 Å². The van der Waals surface area contributed by atoms with Crippen molar-refractivity contribution in [2.45, 2.75) is 6.42 Å². The van der Waals surface area contributed by atoms with Gasteiger partial charge in [-0.2, -0.15) is 5.10 Å². The van der Waals surface area contributed by atoms with Crippen LogP contribution in [0.15, 0.2) is 65.8 Å². The van der Waals surface area contributed by atoms with Gasteiger partial charge in [0, 0.05) is 36.8 Å². The summed E-state index contributed by atoms with van der Waals surface area (Å²) < 4.78 is 1.61. The van der Waals surface area contributed by atoms with Crippen LogP contribution in [-0.4, -0.2) is 26.0 Å². The minimum Gasteiger partial charge on any atom is -0.465 e. The zero-order valence-electron chi connectivity index (χ0n) is 12.6. The first-order valence-corrected chi connectivity index (χ1v) is 7.20. The number of rotatable bonds is 4. The fourth-order valence-corrected chi connectivity index (χ4v) is 2.29. The molecule has 0 radical (unpaired) electrons. The van der Waals surface area contributed by atoms with Crippen LogP contribution >= 0.6 is 0 Å². The first kappa shape index (κ1) is 15.4. The third kappa shape index (κ3) is 3.64. The molecule has 0 saturated heterocycles.